The van der Waals surface area contributed by atoms with Crippen molar-refractivity contribution in [2.75, 3.05) is 16.8 Å². The number of carbonyl (C=O) groups excluding carboxylic acids is 1. The minimum Gasteiger partial charge on any atom is -0.311 e. The molecule has 0 saturated heterocycles. The Morgan fingerprint density at radius 3 is 2.56 bits per heavy atom. The molecule has 1 aliphatic carbocycles. The molecular weight excluding hydrogens is 290 g/mol. The van der Waals surface area contributed by atoms with E-state index in [9.17, 15) is 4.79 Å². The number of nitrogens with zero attached hydrogens (tertiary/aromatic N) is 1. The van der Waals surface area contributed by atoms with E-state index in [-0.39, 0.29) is 11.3 Å². The summed E-state index contributed by atoms with van der Waals surface area (Å²) in [4.78, 5) is 14.6. The first-order chi connectivity index (χ1) is 8.50. The summed E-state index contributed by atoms with van der Waals surface area (Å²) in [5.74, 6) is 0.246. The molecule has 18 heavy (non-hydrogen) atoms. The molecule has 1 aliphatic heterocycles. The monoisotopic (exact) mass is 307 g/mol. The molecule has 2 nitrogen and oxygen atoms in total. The average Bonchev–Trinajstić information content (AvgIpc) is 3.12. The number of halogens is 1. The van der Waals surface area contributed by atoms with Gasteiger partial charge in [0.05, 0.1) is 5.41 Å². The van der Waals surface area contributed by atoms with Crippen LogP contribution in [0.2, 0.25) is 0 Å². The molecular formula is C15H18BrNO. The molecule has 0 atom stereocenters. The zero-order valence-corrected chi connectivity index (χ0v) is 12.5. The van der Waals surface area contributed by atoms with E-state index < -0.39 is 0 Å². The fourth-order valence-electron chi connectivity index (χ4n) is 2.80. The third kappa shape index (κ3) is 1.63. The summed E-state index contributed by atoms with van der Waals surface area (Å²) in [6, 6.07) is 8.20. The van der Waals surface area contributed by atoms with Crippen LogP contribution in [0.5, 0.6) is 0 Å². The molecule has 1 fully saturated rings. The molecule has 0 unspecified atom stereocenters. The van der Waals surface area contributed by atoms with E-state index in [1.807, 2.05) is 30.9 Å². The smallest absolute Gasteiger partial charge is 0.237 e. The lowest BCUT2D eigenvalue weighted by atomic mass is 9.86. The summed E-state index contributed by atoms with van der Waals surface area (Å²) in [6.45, 7) is 4.92. The number of para-hydroxylation sites is 1. The summed E-state index contributed by atoms with van der Waals surface area (Å²) < 4.78 is 0. The van der Waals surface area contributed by atoms with Crippen LogP contribution < -0.4 is 4.90 Å². The predicted molar refractivity (Wildman–Crippen MR) is 77.3 cm³/mol. The highest BCUT2D eigenvalue weighted by atomic mass is 79.9. The van der Waals surface area contributed by atoms with Crippen LogP contribution in [0.15, 0.2) is 24.3 Å². The van der Waals surface area contributed by atoms with Crippen LogP contribution in [-0.4, -0.2) is 17.8 Å². The average molecular weight is 308 g/mol. The molecule has 3 heteroatoms. The van der Waals surface area contributed by atoms with Crippen molar-refractivity contribution in [1.29, 1.82) is 0 Å². The number of anilines is 1. The van der Waals surface area contributed by atoms with Crippen molar-refractivity contribution in [2.24, 2.45) is 5.41 Å². The number of carbonyl (C=O) groups is 1. The van der Waals surface area contributed by atoms with E-state index >= 15 is 0 Å². The van der Waals surface area contributed by atoms with Crippen molar-refractivity contribution >= 4 is 27.5 Å². The molecule has 1 heterocycles. The Balaban J connectivity index is 1.99. The Bertz CT molecular complexity index is 505. The van der Waals surface area contributed by atoms with Gasteiger partial charge in [-0.05, 0) is 43.7 Å². The summed E-state index contributed by atoms with van der Waals surface area (Å²) in [5.41, 5.74) is 2.22. The number of hydrogen-bond acceptors (Lipinski definition) is 1. The quantitative estimate of drug-likeness (QED) is 0.783. The molecule has 1 amide bonds. The van der Waals surface area contributed by atoms with Crippen molar-refractivity contribution in [3.8, 4) is 0 Å². The molecule has 1 aromatic carbocycles. The molecule has 1 saturated carbocycles. The van der Waals surface area contributed by atoms with Crippen LogP contribution >= 0.6 is 15.9 Å². The zero-order valence-electron chi connectivity index (χ0n) is 10.9. The van der Waals surface area contributed by atoms with Gasteiger partial charge in [-0.25, -0.2) is 0 Å². The summed E-state index contributed by atoms with van der Waals surface area (Å²) in [5, 5.41) is 0.992. The molecule has 0 N–H and O–H groups in total. The van der Waals surface area contributed by atoms with Gasteiger partial charge in [0.1, 0.15) is 0 Å². The second kappa shape index (κ2) is 3.83. The van der Waals surface area contributed by atoms with Gasteiger partial charge in [0.2, 0.25) is 5.91 Å². The van der Waals surface area contributed by atoms with Crippen LogP contribution in [0.4, 0.5) is 5.69 Å². The van der Waals surface area contributed by atoms with Gasteiger partial charge in [-0.15, -0.1) is 0 Å². The summed E-state index contributed by atoms with van der Waals surface area (Å²) in [6.07, 6.45) is 2.45. The molecule has 0 bridgehead atoms. The van der Waals surface area contributed by atoms with Crippen molar-refractivity contribution in [2.45, 2.75) is 32.1 Å². The van der Waals surface area contributed by atoms with Crippen molar-refractivity contribution in [3.63, 3.8) is 0 Å². The SMILES string of the molecule is CC1(C)C(=O)N(CC2(CBr)CC2)c2ccccc21. The van der Waals surface area contributed by atoms with Crippen LogP contribution in [0.25, 0.3) is 0 Å². The number of rotatable bonds is 3. The molecule has 0 spiro atoms. The van der Waals surface area contributed by atoms with Gasteiger partial charge in [-0.3, -0.25) is 4.79 Å². The Morgan fingerprint density at radius 2 is 1.94 bits per heavy atom. The van der Waals surface area contributed by atoms with Crippen molar-refractivity contribution in [1.82, 2.24) is 0 Å². The van der Waals surface area contributed by atoms with Crippen LogP contribution in [0, 0.1) is 5.41 Å². The second-order valence-electron chi connectivity index (χ2n) is 6.17. The topological polar surface area (TPSA) is 20.3 Å². The highest BCUT2D eigenvalue weighted by molar-refractivity contribution is 9.09. The fraction of sp³-hybridized carbons (Fsp3) is 0.533. The third-order valence-electron chi connectivity index (χ3n) is 4.38. The van der Waals surface area contributed by atoms with Crippen molar-refractivity contribution in [3.05, 3.63) is 29.8 Å². The Kier molecular flexibility index (Phi) is 2.60. The second-order valence-corrected chi connectivity index (χ2v) is 6.73. The molecule has 96 valence electrons. The van der Waals surface area contributed by atoms with E-state index in [1.165, 1.54) is 18.4 Å². The number of amides is 1. The Hall–Kier alpha value is -0.830. The molecule has 3 rings (SSSR count). The lowest BCUT2D eigenvalue weighted by Gasteiger charge is -2.24. The Morgan fingerprint density at radius 1 is 1.28 bits per heavy atom. The standard InChI is InChI=1S/C15H18BrNO/c1-14(2)11-5-3-4-6-12(11)17(13(14)18)10-15(9-16)7-8-15/h3-6H,7-10H2,1-2H3. The van der Waals surface area contributed by atoms with Gasteiger partial charge in [0, 0.05) is 17.6 Å². The first-order valence-electron chi connectivity index (χ1n) is 6.48. The lowest BCUT2D eigenvalue weighted by Crippen LogP contribution is -2.39. The minimum absolute atomic E-state index is 0.246. The largest absolute Gasteiger partial charge is 0.311 e. The lowest BCUT2D eigenvalue weighted by molar-refractivity contribution is -0.122. The third-order valence-corrected chi connectivity index (χ3v) is 5.57. The highest BCUT2D eigenvalue weighted by Gasteiger charge is 2.49. The van der Waals surface area contributed by atoms with E-state index in [1.54, 1.807) is 0 Å². The van der Waals surface area contributed by atoms with E-state index in [4.69, 9.17) is 0 Å². The summed E-state index contributed by atoms with van der Waals surface area (Å²) in [7, 11) is 0. The van der Waals surface area contributed by atoms with Gasteiger partial charge < -0.3 is 4.90 Å². The van der Waals surface area contributed by atoms with Crippen LogP contribution in [0.3, 0.4) is 0 Å². The molecule has 1 aromatic rings. The van der Waals surface area contributed by atoms with Crippen LogP contribution in [0.1, 0.15) is 32.3 Å². The first kappa shape index (κ1) is 12.2. The normalized spacial score (nSPS) is 23.1. The highest BCUT2D eigenvalue weighted by Crippen LogP contribution is 2.51. The number of fused-ring (bicyclic) bond motifs is 1. The number of benzene rings is 1. The Labute approximate surface area is 116 Å². The minimum atomic E-state index is -0.376. The van der Waals surface area contributed by atoms with Crippen molar-refractivity contribution < 1.29 is 4.79 Å². The van der Waals surface area contributed by atoms with Gasteiger partial charge in [-0.1, -0.05) is 34.1 Å². The van der Waals surface area contributed by atoms with Gasteiger partial charge in [0.15, 0.2) is 0 Å². The van der Waals surface area contributed by atoms with E-state index in [0.29, 0.717) is 5.41 Å². The van der Waals surface area contributed by atoms with E-state index in [0.717, 1.165) is 17.6 Å². The molecule has 0 radical (unpaired) electrons. The summed E-state index contributed by atoms with van der Waals surface area (Å²) >= 11 is 3.59. The molecule has 2 aliphatic rings. The fourth-order valence-corrected chi connectivity index (χ4v) is 3.54. The maximum Gasteiger partial charge on any atom is 0.237 e. The number of alkyl halides is 1. The predicted octanol–water partition coefficient (Wildman–Crippen LogP) is 3.49. The van der Waals surface area contributed by atoms with E-state index in [2.05, 4.69) is 28.1 Å². The first-order valence-corrected chi connectivity index (χ1v) is 7.60. The number of hydrogen-bond donors (Lipinski definition) is 0. The zero-order chi connectivity index (χ0) is 13.0. The van der Waals surface area contributed by atoms with Crippen LogP contribution in [-0.2, 0) is 10.2 Å². The maximum atomic E-state index is 12.6. The van der Waals surface area contributed by atoms with Gasteiger partial charge in [0.25, 0.3) is 0 Å². The maximum absolute atomic E-state index is 12.6. The van der Waals surface area contributed by atoms with Gasteiger partial charge >= 0.3 is 0 Å². The molecule has 0 aromatic heterocycles. The van der Waals surface area contributed by atoms with Gasteiger partial charge in [-0.2, -0.15) is 0 Å².